The van der Waals surface area contributed by atoms with Crippen LogP contribution in [0.5, 0.6) is 5.88 Å². The number of hydrogen-bond acceptors (Lipinski definition) is 8. The lowest BCUT2D eigenvalue weighted by atomic mass is 10.2. The lowest BCUT2D eigenvalue weighted by molar-refractivity contribution is -0.122. The third-order valence-electron chi connectivity index (χ3n) is 6.37. The van der Waals surface area contributed by atoms with E-state index in [2.05, 4.69) is 63.5 Å². The lowest BCUT2D eigenvalue weighted by Gasteiger charge is -2.36. The number of anilines is 1. The molecule has 0 aromatic carbocycles. The van der Waals surface area contributed by atoms with Gasteiger partial charge in [0.2, 0.25) is 5.82 Å². The predicted molar refractivity (Wildman–Crippen MR) is 139 cm³/mol. The maximum atomic E-state index is 12.5. The van der Waals surface area contributed by atoms with E-state index in [1.165, 1.54) is 15.7 Å². The predicted octanol–water partition coefficient (Wildman–Crippen LogP) is 3.82. The molecule has 3 rings (SSSR count). The molecule has 2 aromatic heterocycles. The third-order valence-corrected chi connectivity index (χ3v) is 12.6. The van der Waals surface area contributed by atoms with Crippen LogP contribution in [0.1, 0.15) is 26.5 Å². The van der Waals surface area contributed by atoms with Gasteiger partial charge in [0, 0.05) is 27.7 Å². The molecule has 1 amide bonds. The molecular weight excluding hydrogens is 484 g/mol. The molecule has 0 spiro atoms. The monoisotopic (exact) mass is 522 g/mol. The quantitative estimate of drug-likeness (QED) is 0.342. The molecule has 2 aromatic rings. The molecule has 0 atom stereocenters. The fraction of sp³-hybridized carbons (Fsp3) is 0.652. The number of aromatic nitrogens is 3. The van der Waals surface area contributed by atoms with E-state index in [0.29, 0.717) is 25.4 Å². The summed E-state index contributed by atoms with van der Waals surface area (Å²) in [5.74, 6) is 0.318. The van der Waals surface area contributed by atoms with Gasteiger partial charge in [0.1, 0.15) is 12.5 Å². The lowest BCUT2D eigenvalue weighted by Crippen LogP contribution is -2.41. The summed E-state index contributed by atoms with van der Waals surface area (Å²) in [6, 6.07) is 0.983. The summed E-state index contributed by atoms with van der Waals surface area (Å²) in [4.78, 5) is 35.2. The number of amides is 1. The Morgan fingerprint density at radius 2 is 1.83 bits per heavy atom. The van der Waals surface area contributed by atoms with E-state index in [0.717, 1.165) is 6.04 Å². The van der Waals surface area contributed by atoms with E-state index in [1.54, 1.807) is 6.20 Å². The second-order valence-electron chi connectivity index (χ2n) is 11.5. The van der Waals surface area contributed by atoms with E-state index in [4.69, 9.17) is 18.3 Å². The van der Waals surface area contributed by atoms with E-state index < -0.39 is 22.1 Å². The van der Waals surface area contributed by atoms with Crippen molar-refractivity contribution < 1.29 is 23.1 Å². The number of nitrogens with zero attached hydrogens (tertiary/aromatic N) is 4. The largest absolute Gasteiger partial charge is 0.465 e. The molecule has 0 saturated carbocycles. The summed E-state index contributed by atoms with van der Waals surface area (Å²) < 4.78 is 24.1. The second kappa shape index (κ2) is 10.4. The zero-order chi connectivity index (χ0) is 26.0. The van der Waals surface area contributed by atoms with E-state index in [9.17, 15) is 9.59 Å². The smallest absolute Gasteiger partial charge is 0.425 e. The number of fused-ring (bicyclic) bond motifs is 1. The molecule has 3 heterocycles. The highest BCUT2D eigenvalue weighted by Gasteiger charge is 2.37. The van der Waals surface area contributed by atoms with Crippen molar-refractivity contribution in [3.05, 3.63) is 28.7 Å². The summed E-state index contributed by atoms with van der Waals surface area (Å²) in [5, 5.41) is 0.0995. The van der Waals surface area contributed by atoms with Gasteiger partial charge in [-0.3, -0.25) is 9.69 Å². The van der Waals surface area contributed by atoms with Crippen molar-refractivity contribution in [1.29, 1.82) is 0 Å². The van der Waals surface area contributed by atoms with Gasteiger partial charge in [0.25, 0.3) is 11.8 Å². The molecule has 10 nitrogen and oxygen atoms in total. The van der Waals surface area contributed by atoms with Crippen LogP contribution in [-0.4, -0.2) is 63.4 Å². The summed E-state index contributed by atoms with van der Waals surface area (Å²) in [6.45, 7) is 18.6. The van der Waals surface area contributed by atoms with Gasteiger partial charge in [-0.05, 0) is 24.2 Å². The average Bonchev–Trinajstić information content (AvgIpc) is 3.10. The summed E-state index contributed by atoms with van der Waals surface area (Å²) >= 11 is 0. The summed E-state index contributed by atoms with van der Waals surface area (Å²) in [5.41, 5.74) is 0. The first kappa shape index (κ1) is 27.3. The minimum absolute atomic E-state index is 0.0497. The molecule has 0 N–H and O–H groups in total. The second-order valence-corrected chi connectivity index (χ2v) is 21.9. The molecule has 35 heavy (non-hydrogen) atoms. The van der Waals surface area contributed by atoms with Crippen LogP contribution in [0.15, 0.2) is 21.6 Å². The number of hydrogen-bond donors (Lipinski definition) is 0. The Labute approximate surface area is 208 Å². The Morgan fingerprint density at radius 3 is 2.49 bits per heavy atom. The normalized spacial score (nSPS) is 14.7. The van der Waals surface area contributed by atoms with Crippen LogP contribution >= 0.6 is 0 Å². The molecular formula is C23H38N4O6Si2. The Bertz CT molecular complexity index is 1100. The number of carbonyl (C=O) groups is 1. The van der Waals surface area contributed by atoms with Gasteiger partial charge in [-0.15, -0.1) is 0 Å². The van der Waals surface area contributed by atoms with Gasteiger partial charge in [0.05, 0.1) is 12.4 Å². The molecule has 0 radical (unpaired) electrons. The highest BCUT2D eigenvalue weighted by Crippen LogP contribution is 2.36. The minimum atomic E-state index is -1.89. The van der Waals surface area contributed by atoms with E-state index in [1.807, 2.05) is 0 Å². The highest BCUT2D eigenvalue weighted by atomic mass is 28.4. The van der Waals surface area contributed by atoms with Crippen molar-refractivity contribution in [2.45, 2.75) is 71.0 Å². The van der Waals surface area contributed by atoms with Crippen molar-refractivity contribution in [1.82, 2.24) is 14.5 Å². The van der Waals surface area contributed by atoms with Crippen LogP contribution in [0.2, 0.25) is 43.8 Å². The number of carbonyl (C=O) groups excluding carboxylic acids is 1. The van der Waals surface area contributed by atoms with E-state index in [-0.39, 0.29) is 41.8 Å². The number of oxazole rings is 1. The van der Waals surface area contributed by atoms with Gasteiger partial charge in [0.15, 0.2) is 20.7 Å². The Kier molecular flexibility index (Phi) is 8.09. The first-order chi connectivity index (χ1) is 16.2. The van der Waals surface area contributed by atoms with Gasteiger partial charge < -0.3 is 18.3 Å². The minimum Gasteiger partial charge on any atom is -0.465 e. The molecule has 194 valence electrons. The molecule has 12 heteroatoms. The fourth-order valence-electron chi connectivity index (χ4n) is 3.03. The topological polar surface area (TPSA) is 109 Å². The van der Waals surface area contributed by atoms with E-state index >= 15 is 0 Å². The molecule has 0 unspecified atom stereocenters. The van der Waals surface area contributed by atoms with Crippen LogP contribution in [0.4, 0.5) is 5.82 Å². The summed E-state index contributed by atoms with van der Waals surface area (Å²) in [7, 11) is -3.15. The molecule has 0 aliphatic carbocycles. The third kappa shape index (κ3) is 6.90. The number of ether oxygens (including phenoxy) is 2. The first-order valence-corrected chi connectivity index (χ1v) is 18.5. The van der Waals surface area contributed by atoms with Crippen LogP contribution < -0.4 is 15.4 Å². The molecule has 1 aliphatic rings. The van der Waals surface area contributed by atoms with Crippen LogP contribution in [0.25, 0.3) is 5.82 Å². The Balaban J connectivity index is 1.73. The molecule has 0 fully saturated rings. The first-order valence-electron chi connectivity index (χ1n) is 11.9. The zero-order valence-electron chi connectivity index (χ0n) is 22.1. The van der Waals surface area contributed by atoms with Crippen molar-refractivity contribution in [3.63, 3.8) is 0 Å². The van der Waals surface area contributed by atoms with Gasteiger partial charge in [-0.1, -0.05) is 40.4 Å². The van der Waals surface area contributed by atoms with Crippen molar-refractivity contribution in [2.24, 2.45) is 0 Å². The van der Waals surface area contributed by atoms with Crippen LogP contribution in [-0.2, 0) is 20.4 Å². The van der Waals surface area contributed by atoms with Gasteiger partial charge >= 0.3 is 5.76 Å². The maximum Gasteiger partial charge on any atom is 0.425 e. The van der Waals surface area contributed by atoms with Crippen molar-refractivity contribution in [3.8, 4) is 11.7 Å². The van der Waals surface area contributed by atoms with Gasteiger partial charge in [-0.25, -0.2) is 19.3 Å². The molecule has 0 saturated heterocycles. The zero-order valence-corrected chi connectivity index (χ0v) is 24.1. The highest BCUT2D eigenvalue weighted by molar-refractivity contribution is 6.76. The van der Waals surface area contributed by atoms with Crippen molar-refractivity contribution >= 4 is 28.1 Å². The van der Waals surface area contributed by atoms with Crippen LogP contribution in [0, 0.1) is 0 Å². The maximum absolute atomic E-state index is 12.5. The standard InChI is InChI=1S/C23H38N4O6Si2/c1-23(2,3)35(7,8)32-10-9-17-14-26(22(29)33-17)18-13-24-21-20(25-18)27(19(28)15-31-21)16-30-11-12-34(4,5)6/h13-14H,9-12,15-16H2,1-8H3. The Morgan fingerprint density at radius 1 is 1.11 bits per heavy atom. The fourth-order valence-corrected chi connectivity index (χ4v) is 4.83. The average molecular weight is 523 g/mol. The SMILES string of the molecule is CC(C)(C)[Si](C)(C)OCCc1cn(-c2cnc3c(n2)N(COCC[Si](C)(C)C)C(=O)CO3)c(=O)o1. The Hall–Kier alpha value is -2.29. The summed E-state index contributed by atoms with van der Waals surface area (Å²) in [6.07, 6.45) is 3.48. The van der Waals surface area contributed by atoms with Crippen LogP contribution in [0.3, 0.4) is 0 Å². The molecule has 1 aliphatic heterocycles. The van der Waals surface area contributed by atoms with Crippen molar-refractivity contribution in [2.75, 3.05) is 31.5 Å². The molecule has 0 bridgehead atoms. The van der Waals surface area contributed by atoms with Gasteiger partial charge in [-0.2, -0.15) is 0 Å². The number of rotatable bonds is 10.